The largest absolute Gasteiger partial charge is 0.444 e. The lowest BCUT2D eigenvalue weighted by molar-refractivity contribution is 0.0520. The maximum Gasteiger partial charge on any atom is 0.407 e. The van der Waals surface area contributed by atoms with E-state index in [4.69, 9.17) is 4.74 Å². The van der Waals surface area contributed by atoms with Crippen LogP contribution >= 0.6 is 11.3 Å². The van der Waals surface area contributed by atoms with Gasteiger partial charge < -0.3 is 15.0 Å². The summed E-state index contributed by atoms with van der Waals surface area (Å²) in [6, 6.07) is 0. The van der Waals surface area contributed by atoms with Crippen molar-refractivity contribution in [2.24, 2.45) is 5.92 Å². The van der Waals surface area contributed by atoms with E-state index in [1.165, 1.54) is 0 Å². The zero-order chi connectivity index (χ0) is 13.9. The van der Waals surface area contributed by atoms with Gasteiger partial charge in [-0.05, 0) is 33.1 Å². The number of ether oxygens (including phenoxy) is 1. The number of aromatic nitrogens is 1. The Balaban J connectivity index is 1.72. The fourth-order valence-corrected chi connectivity index (χ4v) is 2.77. The molecule has 1 saturated heterocycles. The molecule has 1 unspecified atom stereocenters. The van der Waals surface area contributed by atoms with E-state index in [1.54, 1.807) is 11.3 Å². The molecule has 0 spiro atoms. The number of thiazole rings is 1. The molecule has 5 nitrogen and oxygen atoms in total. The van der Waals surface area contributed by atoms with Crippen LogP contribution in [-0.4, -0.2) is 36.3 Å². The molecule has 1 aliphatic heterocycles. The summed E-state index contributed by atoms with van der Waals surface area (Å²) in [7, 11) is 0. The molecule has 1 N–H and O–H groups in total. The molecule has 19 heavy (non-hydrogen) atoms. The van der Waals surface area contributed by atoms with Crippen molar-refractivity contribution in [3.8, 4) is 0 Å². The summed E-state index contributed by atoms with van der Waals surface area (Å²) in [4.78, 5) is 18.1. The molecule has 1 fully saturated rings. The molecule has 0 saturated carbocycles. The van der Waals surface area contributed by atoms with Gasteiger partial charge in [0, 0.05) is 31.2 Å². The number of hydrogen-bond donors (Lipinski definition) is 1. The molecule has 1 aliphatic rings. The van der Waals surface area contributed by atoms with Crippen LogP contribution in [0.1, 0.15) is 27.2 Å². The highest BCUT2D eigenvalue weighted by Gasteiger charge is 2.25. The van der Waals surface area contributed by atoms with Crippen molar-refractivity contribution in [3.05, 3.63) is 11.6 Å². The minimum atomic E-state index is -0.438. The zero-order valence-electron chi connectivity index (χ0n) is 11.7. The van der Waals surface area contributed by atoms with Crippen LogP contribution in [-0.2, 0) is 4.74 Å². The Morgan fingerprint density at radius 1 is 1.63 bits per heavy atom. The minimum absolute atomic E-state index is 0.333. The van der Waals surface area contributed by atoms with E-state index in [-0.39, 0.29) is 6.09 Å². The van der Waals surface area contributed by atoms with Gasteiger partial charge in [0.1, 0.15) is 5.60 Å². The molecular weight excluding hydrogens is 262 g/mol. The Kier molecular flexibility index (Phi) is 4.29. The Bertz CT molecular complexity index is 414. The second-order valence-electron chi connectivity index (χ2n) is 5.80. The molecule has 1 atom stereocenters. The summed E-state index contributed by atoms with van der Waals surface area (Å²) >= 11 is 1.66. The Hall–Kier alpha value is -1.30. The van der Waals surface area contributed by atoms with E-state index in [1.807, 2.05) is 32.3 Å². The van der Waals surface area contributed by atoms with Crippen molar-refractivity contribution in [1.82, 2.24) is 10.3 Å². The fraction of sp³-hybridized carbons (Fsp3) is 0.692. The molecule has 1 aromatic rings. The molecule has 1 amide bonds. The number of nitrogens with zero attached hydrogens (tertiary/aromatic N) is 2. The normalized spacial score (nSPS) is 19.5. The predicted molar refractivity (Wildman–Crippen MR) is 76.7 cm³/mol. The van der Waals surface area contributed by atoms with Gasteiger partial charge in [-0.25, -0.2) is 9.78 Å². The lowest BCUT2D eigenvalue weighted by Crippen LogP contribution is -2.36. The number of hydrogen-bond acceptors (Lipinski definition) is 5. The first-order chi connectivity index (χ1) is 8.94. The summed E-state index contributed by atoms with van der Waals surface area (Å²) in [5.74, 6) is 0.469. The first-order valence-electron chi connectivity index (χ1n) is 6.55. The van der Waals surface area contributed by atoms with Gasteiger partial charge in [0.05, 0.1) is 0 Å². The number of anilines is 1. The molecule has 2 heterocycles. The molecule has 2 rings (SSSR count). The third kappa shape index (κ3) is 4.38. The number of rotatable bonds is 3. The van der Waals surface area contributed by atoms with Crippen LogP contribution < -0.4 is 10.2 Å². The molecule has 1 aromatic heterocycles. The number of carbonyl (C=O) groups excluding carboxylic acids is 1. The number of carbonyl (C=O) groups is 1. The van der Waals surface area contributed by atoms with Crippen molar-refractivity contribution in [2.75, 3.05) is 24.5 Å². The lowest BCUT2D eigenvalue weighted by Gasteiger charge is -2.20. The average Bonchev–Trinajstić information content (AvgIpc) is 2.95. The summed E-state index contributed by atoms with van der Waals surface area (Å²) < 4.78 is 5.22. The van der Waals surface area contributed by atoms with Crippen LogP contribution in [0.15, 0.2) is 11.6 Å². The molecule has 0 bridgehead atoms. The monoisotopic (exact) mass is 283 g/mol. The van der Waals surface area contributed by atoms with Gasteiger partial charge >= 0.3 is 6.09 Å². The Morgan fingerprint density at radius 3 is 3.05 bits per heavy atom. The second-order valence-corrected chi connectivity index (χ2v) is 6.67. The first kappa shape index (κ1) is 14.1. The topological polar surface area (TPSA) is 54.5 Å². The average molecular weight is 283 g/mol. The van der Waals surface area contributed by atoms with E-state index in [2.05, 4.69) is 15.2 Å². The molecule has 0 aliphatic carbocycles. The van der Waals surface area contributed by atoms with Crippen LogP contribution in [0.5, 0.6) is 0 Å². The number of alkyl carbamates (subject to hydrolysis) is 1. The van der Waals surface area contributed by atoms with Crippen molar-refractivity contribution >= 4 is 22.6 Å². The maximum atomic E-state index is 11.6. The molecular formula is C13H21N3O2S. The fourth-order valence-electron chi connectivity index (χ4n) is 2.09. The smallest absolute Gasteiger partial charge is 0.407 e. The van der Waals surface area contributed by atoms with Gasteiger partial charge in [-0.1, -0.05) is 0 Å². The Morgan fingerprint density at radius 2 is 2.42 bits per heavy atom. The number of amides is 1. The van der Waals surface area contributed by atoms with Gasteiger partial charge in [-0.15, -0.1) is 11.3 Å². The third-order valence-electron chi connectivity index (χ3n) is 2.91. The van der Waals surface area contributed by atoms with Crippen LogP contribution in [0.2, 0.25) is 0 Å². The minimum Gasteiger partial charge on any atom is -0.444 e. The number of nitrogens with one attached hydrogen (secondary N) is 1. The lowest BCUT2D eigenvalue weighted by atomic mass is 10.1. The van der Waals surface area contributed by atoms with E-state index >= 15 is 0 Å². The highest BCUT2D eigenvalue weighted by molar-refractivity contribution is 7.13. The summed E-state index contributed by atoms with van der Waals surface area (Å²) in [6.07, 6.45) is 2.57. The molecule has 106 valence electrons. The highest BCUT2D eigenvalue weighted by Crippen LogP contribution is 2.25. The SMILES string of the molecule is CC(C)(C)OC(=O)NCC1CCN(c2nccs2)C1. The first-order valence-corrected chi connectivity index (χ1v) is 7.43. The third-order valence-corrected chi connectivity index (χ3v) is 3.74. The van der Waals surface area contributed by atoms with E-state index in [9.17, 15) is 4.79 Å². The molecule has 6 heteroatoms. The van der Waals surface area contributed by atoms with Crippen molar-refractivity contribution in [2.45, 2.75) is 32.8 Å². The van der Waals surface area contributed by atoms with Crippen LogP contribution in [0.3, 0.4) is 0 Å². The van der Waals surface area contributed by atoms with E-state index < -0.39 is 5.60 Å². The van der Waals surface area contributed by atoms with Gasteiger partial charge in [0.15, 0.2) is 5.13 Å². The summed E-state index contributed by atoms with van der Waals surface area (Å²) in [5, 5.41) is 5.90. The van der Waals surface area contributed by atoms with E-state index in [0.717, 1.165) is 24.6 Å². The second kappa shape index (κ2) is 5.77. The van der Waals surface area contributed by atoms with E-state index in [0.29, 0.717) is 12.5 Å². The Labute approximate surface area is 118 Å². The van der Waals surface area contributed by atoms with Crippen molar-refractivity contribution in [1.29, 1.82) is 0 Å². The van der Waals surface area contributed by atoms with Gasteiger partial charge in [-0.2, -0.15) is 0 Å². The van der Waals surface area contributed by atoms with Crippen molar-refractivity contribution < 1.29 is 9.53 Å². The van der Waals surface area contributed by atoms with Gasteiger partial charge in [0.2, 0.25) is 0 Å². The molecule has 0 radical (unpaired) electrons. The zero-order valence-corrected chi connectivity index (χ0v) is 12.5. The predicted octanol–water partition coefficient (Wildman–Crippen LogP) is 2.49. The van der Waals surface area contributed by atoms with Gasteiger partial charge in [-0.3, -0.25) is 0 Å². The highest BCUT2D eigenvalue weighted by atomic mass is 32.1. The molecule has 0 aromatic carbocycles. The summed E-state index contributed by atoms with van der Waals surface area (Å²) in [5.41, 5.74) is -0.438. The van der Waals surface area contributed by atoms with Crippen LogP contribution in [0.25, 0.3) is 0 Å². The van der Waals surface area contributed by atoms with Gasteiger partial charge in [0.25, 0.3) is 0 Å². The maximum absolute atomic E-state index is 11.6. The quantitative estimate of drug-likeness (QED) is 0.926. The van der Waals surface area contributed by atoms with Crippen molar-refractivity contribution in [3.63, 3.8) is 0 Å². The van der Waals surface area contributed by atoms with Crippen LogP contribution in [0.4, 0.5) is 9.93 Å². The summed E-state index contributed by atoms with van der Waals surface area (Å²) in [6.45, 7) is 8.22. The van der Waals surface area contributed by atoms with Crippen LogP contribution in [0, 0.1) is 5.92 Å². The standard InChI is InChI=1S/C13H21N3O2S/c1-13(2,3)18-12(17)15-8-10-4-6-16(9-10)11-14-5-7-19-11/h5,7,10H,4,6,8-9H2,1-3H3,(H,15,17).